The number of carbonyl (C=O) groups excluding carboxylic acids is 2. The number of piperidine rings is 1. The minimum absolute atomic E-state index is 0.0414. The van der Waals surface area contributed by atoms with Gasteiger partial charge in [-0.3, -0.25) is 14.3 Å². The lowest BCUT2D eigenvalue weighted by Gasteiger charge is -2.34. The second-order valence-electron chi connectivity index (χ2n) is 9.05. The largest absolute Gasteiger partial charge is 0.439 e. The van der Waals surface area contributed by atoms with Gasteiger partial charge < -0.3 is 21.1 Å². The monoisotopic (exact) mass is 520 g/mol. The predicted octanol–water partition coefficient (Wildman–Crippen LogP) is 4.16. The number of carbonyl (C=O) groups is 2. The zero-order chi connectivity index (χ0) is 26.6. The molecule has 0 bridgehead atoms. The molecular formula is C27H29ClN6O3. The normalized spacial score (nSPS) is 15.2. The maximum atomic E-state index is 11.6. The molecule has 5 rings (SSSR count). The van der Waals surface area contributed by atoms with Crippen LogP contribution in [0.3, 0.4) is 0 Å². The van der Waals surface area contributed by atoms with E-state index in [0.717, 1.165) is 13.0 Å². The molecule has 2 amide bonds. The number of aryl methyl sites for hydroxylation is 1. The number of anilines is 1. The van der Waals surface area contributed by atoms with Crippen LogP contribution in [0.15, 0.2) is 42.6 Å². The Morgan fingerprint density at radius 2 is 1.84 bits per heavy atom. The van der Waals surface area contributed by atoms with E-state index in [1.165, 1.54) is 36.6 Å². The van der Waals surface area contributed by atoms with E-state index in [1.54, 1.807) is 50.4 Å². The number of ether oxygens (including phenoxy) is 1. The highest BCUT2D eigenvalue weighted by atomic mass is 35.5. The van der Waals surface area contributed by atoms with Gasteiger partial charge in [0.25, 0.3) is 11.8 Å². The third kappa shape index (κ3) is 5.87. The molecule has 1 saturated heterocycles. The number of rotatable bonds is 4. The van der Waals surface area contributed by atoms with Gasteiger partial charge in [0.1, 0.15) is 22.8 Å². The molecular weight excluding hydrogens is 492 g/mol. The molecule has 3 aromatic rings. The van der Waals surface area contributed by atoms with Gasteiger partial charge in [-0.15, -0.1) is 0 Å². The van der Waals surface area contributed by atoms with Gasteiger partial charge in [0, 0.05) is 37.0 Å². The first kappa shape index (κ1) is 26.0. The van der Waals surface area contributed by atoms with Crippen molar-refractivity contribution >= 4 is 29.2 Å². The van der Waals surface area contributed by atoms with E-state index in [4.69, 9.17) is 27.8 Å². The highest BCUT2D eigenvalue weighted by Crippen LogP contribution is 2.48. The summed E-state index contributed by atoms with van der Waals surface area (Å²) in [6.07, 6.45) is 7.53. The third-order valence-corrected chi connectivity index (χ3v) is 6.76. The number of hydrogen-bond acceptors (Lipinski definition) is 6. The molecule has 37 heavy (non-hydrogen) atoms. The van der Waals surface area contributed by atoms with Crippen LogP contribution < -0.4 is 16.2 Å². The third-order valence-electron chi connectivity index (χ3n) is 6.54. The summed E-state index contributed by atoms with van der Waals surface area (Å²) in [6, 6.07) is 10.4. The summed E-state index contributed by atoms with van der Waals surface area (Å²) in [5.41, 5.74) is 12.8. The van der Waals surface area contributed by atoms with Crippen LogP contribution in [-0.2, 0) is 11.8 Å². The van der Waals surface area contributed by atoms with Gasteiger partial charge in [-0.05, 0) is 75.3 Å². The summed E-state index contributed by atoms with van der Waals surface area (Å²) in [7, 11) is 1.65. The van der Waals surface area contributed by atoms with E-state index in [2.05, 4.69) is 21.9 Å². The minimum Gasteiger partial charge on any atom is -0.439 e. The number of nitrogens with zero attached hydrogens (tertiary/aromatic N) is 4. The molecule has 4 N–H and O–H groups in total. The molecule has 10 heteroatoms. The summed E-state index contributed by atoms with van der Waals surface area (Å²) in [5.74, 6) is 5.98. The summed E-state index contributed by atoms with van der Waals surface area (Å²) >= 11 is 5.78. The zero-order valence-corrected chi connectivity index (χ0v) is 21.6. The molecule has 0 unspecified atom stereocenters. The molecule has 1 aliphatic carbocycles. The number of amides is 2. The lowest BCUT2D eigenvalue weighted by atomic mass is 10.00. The van der Waals surface area contributed by atoms with Gasteiger partial charge in [0.15, 0.2) is 0 Å². The Bertz CT molecular complexity index is 1350. The highest BCUT2D eigenvalue weighted by Gasteiger charge is 2.50. The van der Waals surface area contributed by atoms with Crippen molar-refractivity contribution < 1.29 is 14.3 Å². The molecule has 9 nitrogen and oxygen atoms in total. The molecule has 2 fully saturated rings. The van der Waals surface area contributed by atoms with E-state index in [0.29, 0.717) is 27.9 Å². The molecule has 1 saturated carbocycles. The first-order valence-corrected chi connectivity index (χ1v) is 12.4. The molecule has 2 aromatic heterocycles. The molecule has 0 atom stereocenters. The lowest BCUT2D eigenvalue weighted by Crippen LogP contribution is -2.44. The maximum absolute atomic E-state index is 11.6. The number of hydrogen-bond donors (Lipinski definition) is 2. The van der Waals surface area contributed by atoms with E-state index >= 15 is 0 Å². The summed E-state index contributed by atoms with van der Waals surface area (Å²) in [4.78, 5) is 29.3. The van der Waals surface area contributed by atoms with E-state index in [1.807, 2.05) is 4.90 Å². The second-order valence-corrected chi connectivity index (χ2v) is 9.49. The van der Waals surface area contributed by atoms with Crippen molar-refractivity contribution in [3.05, 3.63) is 53.2 Å². The average Bonchev–Trinajstić information content (AvgIpc) is 3.57. The summed E-state index contributed by atoms with van der Waals surface area (Å²) in [6.45, 7) is 2.65. The van der Waals surface area contributed by atoms with Gasteiger partial charge >= 0.3 is 0 Å². The Labute approximate surface area is 220 Å². The SMILES string of the molecule is CC#CC(=O)N1CCCCC12CC2.Cn1nc(-c2ccc(Oc3ccc(Cl)cn3)cc2)c(C(N)=O)c1N. The maximum Gasteiger partial charge on any atom is 0.298 e. The van der Waals surface area contributed by atoms with Gasteiger partial charge in [-0.2, -0.15) is 5.10 Å². The first-order chi connectivity index (χ1) is 17.7. The lowest BCUT2D eigenvalue weighted by molar-refractivity contribution is -0.129. The van der Waals surface area contributed by atoms with Crippen LogP contribution in [-0.4, -0.2) is 43.6 Å². The van der Waals surface area contributed by atoms with Crippen LogP contribution in [0, 0.1) is 11.8 Å². The molecule has 0 radical (unpaired) electrons. The number of benzene rings is 1. The van der Waals surface area contributed by atoms with E-state index in [9.17, 15) is 9.59 Å². The van der Waals surface area contributed by atoms with Gasteiger partial charge in [0.2, 0.25) is 5.88 Å². The van der Waals surface area contributed by atoms with Crippen LogP contribution in [0.4, 0.5) is 5.82 Å². The van der Waals surface area contributed by atoms with E-state index < -0.39 is 5.91 Å². The summed E-state index contributed by atoms with van der Waals surface area (Å²) < 4.78 is 7.03. The van der Waals surface area contributed by atoms with Crippen molar-refractivity contribution in [2.75, 3.05) is 12.3 Å². The van der Waals surface area contributed by atoms with Crippen molar-refractivity contribution in [3.8, 4) is 34.7 Å². The van der Waals surface area contributed by atoms with E-state index in [-0.39, 0.29) is 22.8 Å². The predicted molar refractivity (Wildman–Crippen MR) is 142 cm³/mol. The smallest absolute Gasteiger partial charge is 0.298 e. The van der Waals surface area contributed by atoms with Crippen molar-refractivity contribution in [1.29, 1.82) is 0 Å². The molecule has 1 spiro atoms. The fraction of sp³-hybridized carbons (Fsp3) is 0.333. The number of likely N-dealkylation sites (tertiary alicyclic amines) is 1. The number of nitrogen functional groups attached to an aromatic ring is 1. The molecule has 1 aromatic carbocycles. The number of pyridine rings is 1. The van der Waals surface area contributed by atoms with Crippen molar-refractivity contribution in [1.82, 2.24) is 19.7 Å². The number of nitrogens with two attached hydrogens (primary N) is 2. The Kier molecular flexibility index (Phi) is 7.69. The Balaban J connectivity index is 0.000000207. The highest BCUT2D eigenvalue weighted by molar-refractivity contribution is 6.30. The minimum atomic E-state index is -0.624. The number of primary amides is 1. The first-order valence-electron chi connectivity index (χ1n) is 12.0. The van der Waals surface area contributed by atoms with Crippen LogP contribution in [0.25, 0.3) is 11.3 Å². The van der Waals surface area contributed by atoms with Gasteiger partial charge in [0.05, 0.1) is 5.02 Å². The Morgan fingerprint density at radius 3 is 2.43 bits per heavy atom. The van der Waals surface area contributed by atoms with Crippen LogP contribution in [0.2, 0.25) is 5.02 Å². The fourth-order valence-corrected chi connectivity index (χ4v) is 4.57. The Morgan fingerprint density at radius 1 is 1.11 bits per heavy atom. The topological polar surface area (TPSA) is 129 Å². The van der Waals surface area contributed by atoms with Crippen LogP contribution in [0.1, 0.15) is 49.4 Å². The standard InChI is InChI=1S/C16H14ClN5O2.C11H15NO/c1-22-15(18)13(16(19)23)14(21-22)9-2-5-11(6-3-9)24-12-7-4-10(17)8-20-12;1-2-5-10(13)12-9-4-3-6-11(12)7-8-11/h2-8H,18H2,1H3,(H2,19,23);3-4,6-9H2,1H3. The van der Waals surface area contributed by atoms with Crippen molar-refractivity contribution in [2.45, 2.75) is 44.6 Å². The molecule has 2 aliphatic rings. The fourth-order valence-electron chi connectivity index (χ4n) is 4.46. The summed E-state index contributed by atoms with van der Waals surface area (Å²) in [5, 5.41) is 4.78. The average molecular weight is 521 g/mol. The second kappa shape index (κ2) is 10.9. The van der Waals surface area contributed by atoms with Crippen LogP contribution in [0.5, 0.6) is 11.6 Å². The zero-order valence-electron chi connectivity index (χ0n) is 20.8. The molecule has 1 aliphatic heterocycles. The number of aromatic nitrogens is 3. The van der Waals surface area contributed by atoms with Gasteiger partial charge in [-0.1, -0.05) is 17.5 Å². The van der Waals surface area contributed by atoms with Crippen molar-refractivity contribution in [3.63, 3.8) is 0 Å². The van der Waals surface area contributed by atoms with Gasteiger partial charge in [-0.25, -0.2) is 4.98 Å². The molecule has 192 valence electrons. The Hall–Kier alpha value is -4.03. The van der Waals surface area contributed by atoms with Crippen molar-refractivity contribution in [2.24, 2.45) is 12.8 Å². The number of halogens is 1. The quantitative estimate of drug-likeness (QED) is 0.497. The van der Waals surface area contributed by atoms with Crippen LogP contribution >= 0.6 is 11.6 Å². The molecule has 3 heterocycles.